The number of aliphatic hydroxyl groups excluding tert-OH is 1. The van der Waals surface area contributed by atoms with Crippen LogP contribution in [0.15, 0.2) is 78.5 Å². The Morgan fingerprint density at radius 1 is 1.00 bits per heavy atom. The molecule has 1 atom stereocenters. The summed E-state index contributed by atoms with van der Waals surface area (Å²) in [6.45, 7) is 0.219. The molecule has 0 spiro atoms. The quantitative estimate of drug-likeness (QED) is 0.212. The maximum atomic E-state index is 13.5. The number of H-pyrrole nitrogens is 1. The number of aromatic amines is 1. The largest absolute Gasteiger partial charge is 0.507 e. The fourth-order valence-corrected chi connectivity index (χ4v) is 4.76. The zero-order valence-corrected chi connectivity index (χ0v) is 20.3. The number of ether oxygens (including phenoxy) is 2. The number of hydrogen-bond acceptors (Lipinski definition) is 5. The minimum atomic E-state index is -0.847. The van der Waals surface area contributed by atoms with Crippen LogP contribution in [0.2, 0.25) is 0 Å². The Morgan fingerprint density at radius 3 is 2.46 bits per heavy atom. The lowest BCUT2D eigenvalue weighted by Crippen LogP contribution is -2.31. The van der Waals surface area contributed by atoms with Crippen LogP contribution in [-0.2, 0) is 16.0 Å². The van der Waals surface area contributed by atoms with Gasteiger partial charge >= 0.3 is 0 Å². The monoisotopic (exact) mass is 500 g/mol. The third-order valence-electron chi connectivity index (χ3n) is 6.66. The number of carbonyl (C=O) groups excluding carboxylic acids is 2. The van der Waals surface area contributed by atoms with Crippen molar-refractivity contribution >= 4 is 28.4 Å². The number of benzene rings is 3. The summed E-state index contributed by atoms with van der Waals surface area (Å²) in [5.41, 5.74) is 2.70. The Labute approximate surface area is 212 Å². The summed E-state index contributed by atoms with van der Waals surface area (Å²) in [6.07, 6.45) is 2.33. The van der Waals surface area contributed by atoms with E-state index >= 15 is 0 Å². The summed E-state index contributed by atoms with van der Waals surface area (Å²) in [7, 11) is 3.13. The normalized spacial score (nSPS) is 16.9. The Kier molecular flexibility index (Phi) is 6.40. The van der Waals surface area contributed by atoms with Gasteiger partial charge < -0.3 is 24.5 Å². The molecule has 1 amide bonds. The average Bonchev–Trinajstić information content (AvgIpc) is 3.44. The average molecular weight is 501 g/mol. The molecule has 4 aromatic rings. The van der Waals surface area contributed by atoms with Gasteiger partial charge in [0.2, 0.25) is 0 Å². The topological polar surface area (TPSA) is 91.9 Å². The number of ketones is 1. The van der Waals surface area contributed by atoms with Crippen LogP contribution in [0.1, 0.15) is 22.7 Å². The number of nitrogens with one attached hydrogen (secondary N) is 1. The second-order valence-electron chi connectivity index (χ2n) is 8.75. The molecule has 1 fully saturated rings. The number of amides is 1. The summed E-state index contributed by atoms with van der Waals surface area (Å²) < 4.78 is 24.2. The van der Waals surface area contributed by atoms with E-state index in [9.17, 15) is 19.1 Å². The summed E-state index contributed by atoms with van der Waals surface area (Å²) >= 11 is 0. The molecule has 0 radical (unpaired) electrons. The third kappa shape index (κ3) is 4.42. The van der Waals surface area contributed by atoms with Crippen LogP contribution in [-0.4, -0.2) is 47.4 Å². The molecule has 3 aromatic carbocycles. The van der Waals surface area contributed by atoms with Crippen molar-refractivity contribution in [2.75, 3.05) is 20.8 Å². The molecular weight excluding hydrogens is 475 g/mol. The van der Waals surface area contributed by atoms with Gasteiger partial charge in [0, 0.05) is 29.2 Å². The predicted octanol–water partition coefficient (Wildman–Crippen LogP) is 4.99. The molecule has 2 heterocycles. The summed E-state index contributed by atoms with van der Waals surface area (Å²) in [6, 6.07) is 17.0. The van der Waals surface area contributed by atoms with Crippen LogP contribution in [0.3, 0.4) is 0 Å². The maximum absolute atomic E-state index is 13.5. The summed E-state index contributed by atoms with van der Waals surface area (Å²) in [4.78, 5) is 31.2. The number of likely N-dealkylation sites (tertiary alicyclic amines) is 1. The first-order valence-electron chi connectivity index (χ1n) is 11.7. The van der Waals surface area contributed by atoms with Crippen LogP contribution < -0.4 is 9.47 Å². The van der Waals surface area contributed by atoms with E-state index in [2.05, 4.69) is 4.98 Å². The van der Waals surface area contributed by atoms with Gasteiger partial charge in [-0.25, -0.2) is 4.39 Å². The van der Waals surface area contributed by atoms with Crippen molar-refractivity contribution in [2.24, 2.45) is 0 Å². The van der Waals surface area contributed by atoms with Crippen molar-refractivity contribution in [3.05, 3.63) is 101 Å². The van der Waals surface area contributed by atoms with Gasteiger partial charge in [-0.1, -0.05) is 12.1 Å². The highest BCUT2D eigenvalue weighted by Gasteiger charge is 2.46. The van der Waals surface area contributed by atoms with Crippen molar-refractivity contribution in [2.45, 2.75) is 12.5 Å². The number of nitrogens with zero attached hydrogens (tertiary/aromatic N) is 1. The van der Waals surface area contributed by atoms with Crippen LogP contribution in [0, 0.1) is 5.82 Å². The first-order valence-corrected chi connectivity index (χ1v) is 11.7. The Balaban J connectivity index is 1.56. The lowest BCUT2D eigenvalue weighted by molar-refractivity contribution is -0.139. The van der Waals surface area contributed by atoms with Gasteiger partial charge in [0.1, 0.15) is 23.1 Å². The minimum absolute atomic E-state index is 0.0505. The van der Waals surface area contributed by atoms with Crippen LogP contribution >= 0.6 is 0 Å². The van der Waals surface area contributed by atoms with E-state index in [1.807, 2.05) is 24.4 Å². The van der Waals surface area contributed by atoms with Crippen molar-refractivity contribution in [1.82, 2.24) is 9.88 Å². The summed E-state index contributed by atoms with van der Waals surface area (Å²) in [5.74, 6) is -1.08. The molecule has 37 heavy (non-hydrogen) atoms. The smallest absolute Gasteiger partial charge is 0.295 e. The molecule has 5 rings (SSSR count). The van der Waals surface area contributed by atoms with Crippen LogP contribution in [0.25, 0.3) is 16.7 Å². The van der Waals surface area contributed by atoms with Crippen LogP contribution in [0.4, 0.5) is 4.39 Å². The van der Waals surface area contributed by atoms with E-state index < -0.39 is 23.5 Å². The fraction of sp³-hybridized carbons (Fsp3) is 0.172. The number of rotatable bonds is 7. The SMILES string of the molecule is COc1cccc(C2/C(=C(/O)c3ccc(F)cc3)C(=O)C(=O)N2CCc2c[nH]c3ccc(OC)cc23)c1. The van der Waals surface area contributed by atoms with E-state index in [0.717, 1.165) is 16.5 Å². The molecule has 8 heteroatoms. The van der Waals surface area contributed by atoms with Crippen LogP contribution in [0.5, 0.6) is 11.5 Å². The molecule has 1 saturated heterocycles. The van der Waals surface area contributed by atoms with E-state index in [4.69, 9.17) is 9.47 Å². The number of fused-ring (bicyclic) bond motifs is 1. The van der Waals surface area contributed by atoms with Gasteiger partial charge in [0.25, 0.3) is 11.7 Å². The molecule has 1 aromatic heterocycles. The highest BCUT2D eigenvalue weighted by molar-refractivity contribution is 6.46. The molecule has 1 unspecified atom stereocenters. The van der Waals surface area contributed by atoms with E-state index in [1.165, 1.54) is 36.3 Å². The zero-order chi connectivity index (χ0) is 26.1. The van der Waals surface area contributed by atoms with Crippen molar-refractivity contribution < 1.29 is 28.6 Å². The first kappa shape index (κ1) is 24.1. The second kappa shape index (κ2) is 9.81. The van der Waals surface area contributed by atoms with E-state index in [1.54, 1.807) is 31.4 Å². The number of halogens is 1. The number of methoxy groups -OCH3 is 2. The third-order valence-corrected chi connectivity index (χ3v) is 6.66. The highest BCUT2D eigenvalue weighted by Crippen LogP contribution is 2.40. The van der Waals surface area contributed by atoms with Gasteiger partial charge in [-0.2, -0.15) is 0 Å². The molecule has 1 aliphatic rings. The lowest BCUT2D eigenvalue weighted by Gasteiger charge is -2.25. The molecular formula is C29H25FN2O5. The fourth-order valence-electron chi connectivity index (χ4n) is 4.76. The number of aromatic nitrogens is 1. The zero-order valence-electron chi connectivity index (χ0n) is 20.3. The Hall–Kier alpha value is -4.59. The van der Waals surface area contributed by atoms with Gasteiger partial charge in [-0.05, 0) is 72.1 Å². The molecule has 7 nitrogen and oxygen atoms in total. The molecule has 1 aliphatic heterocycles. The van der Waals surface area contributed by atoms with Gasteiger partial charge in [0.05, 0.1) is 25.8 Å². The number of aliphatic hydroxyl groups is 1. The number of carbonyl (C=O) groups is 2. The Morgan fingerprint density at radius 2 is 1.73 bits per heavy atom. The number of Topliss-reactive ketones (excluding diaryl/α,β-unsaturated/α-hetero) is 1. The minimum Gasteiger partial charge on any atom is -0.507 e. The molecule has 0 aliphatic carbocycles. The van der Waals surface area contributed by atoms with E-state index in [0.29, 0.717) is 23.5 Å². The standard InChI is InChI=1S/C29H25FN2O5/c1-36-21-5-3-4-18(14-21)26-25(27(33)17-6-8-20(30)9-7-17)28(34)29(35)32(26)13-12-19-16-31-24-11-10-22(37-2)15-23(19)24/h3-11,14-16,26,31,33H,12-13H2,1-2H3/b27-25-. The van der Waals surface area contributed by atoms with Gasteiger partial charge in [-0.3, -0.25) is 9.59 Å². The summed E-state index contributed by atoms with van der Waals surface area (Å²) in [5, 5.41) is 12.1. The second-order valence-corrected chi connectivity index (χ2v) is 8.75. The molecule has 188 valence electrons. The lowest BCUT2D eigenvalue weighted by atomic mass is 9.95. The Bertz CT molecular complexity index is 1520. The first-order chi connectivity index (χ1) is 17.9. The predicted molar refractivity (Wildman–Crippen MR) is 137 cm³/mol. The highest BCUT2D eigenvalue weighted by atomic mass is 19.1. The molecule has 2 N–H and O–H groups in total. The maximum Gasteiger partial charge on any atom is 0.295 e. The van der Waals surface area contributed by atoms with Gasteiger partial charge in [0.15, 0.2) is 0 Å². The van der Waals surface area contributed by atoms with Crippen molar-refractivity contribution in [3.8, 4) is 11.5 Å². The molecule has 0 bridgehead atoms. The van der Waals surface area contributed by atoms with Crippen molar-refractivity contribution in [1.29, 1.82) is 0 Å². The molecule has 0 saturated carbocycles. The van der Waals surface area contributed by atoms with E-state index in [-0.39, 0.29) is 23.4 Å². The number of hydrogen-bond donors (Lipinski definition) is 2. The van der Waals surface area contributed by atoms with Gasteiger partial charge in [-0.15, -0.1) is 0 Å². The van der Waals surface area contributed by atoms with Crippen molar-refractivity contribution in [3.63, 3.8) is 0 Å².